The van der Waals surface area contributed by atoms with Crippen LogP contribution in [0, 0.1) is 5.41 Å². The maximum atomic E-state index is 5.23. The van der Waals surface area contributed by atoms with Gasteiger partial charge in [-0.1, -0.05) is 20.8 Å². The van der Waals surface area contributed by atoms with Crippen molar-refractivity contribution >= 4 is 0 Å². The molecule has 1 rings (SSSR count). The van der Waals surface area contributed by atoms with Crippen LogP contribution < -0.4 is 5.32 Å². The number of nitrogens with one attached hydrogen (secondary N) is 1. The van der Waals surface area contributed by atoms with Gasteiger partial charge in [-0.05, 0) is 24.5 Å². The van der Waals surface area contributed by atoms with Crippen LogP contribution in [0.2, 0.25) is 0 Å². The second-order valence-corrected chi connectivity index (χ2v) is 4.55. The first-order chi connectivity index (χ1) is 6.00. The largest absolute Gasteiger partial charge is 0.468 e. The molecule has 0 saturated carbocycles. The van der Waals surface area contributed by atoms with Gasteiger partial charge in [-0.2, -0.15) is 0 Å². The van der Waals surface area contributed by atoms with E-state index in [1.165, 1.54) is 0 Å². The second kappa shape index (κ2) is 3.97. The van der Waals surface area contributed by atoms with Gasteiger partial charge in [0, 0.05) is 6.04 Å². The third-order valence-corrected chi connectivity index (χ3v) is 2.46. The molecule has 1 heterocycles. The van der Waals surface area contributed by atoms with Gasteiger partial charge >= 0.3 is 0 Å². The van der Waals surface area contributed by atoms with Gasteiger partial charge in [0.2, 0.25) is 0 Å². The summed E-state index contributed by atoms with van der Waals surface area (Å²) in [5.74, 6) is 0.996. The SMILES string of the molecule is CC(NCc1ccco1)C(C)(C)C. The molecule has 74 valence electrons. The molecular formula is C11H19NO. The smallest absolute Gasteiger partial charge is 0.117 e. The summed E-state index contributed by atoms with van der Waals surface area (Å²) in [7, 11) is 0. The Morgan fingerprint density at radius 3 is 2.62 bits per heavy atom. The molecule has 13 heavy (non-hydrogen) atoms. The van der Waals surface area contributed by atoms with Crippen LogP contribution in [-0.4, -0.2) is 6.04 Å². The number of hydrogen-bond donors (Lipinski definition) is 1. The lowest BCUT2D eigenvalue weighted by molar-refractivity contribution is 0.278. The molecule has 1 unspecified atom stereocenters. The normalized spacial score (nSPS) is 14.5. The molecule has 1 N–H and O–H groups in total. The Morgan fingerprint density at radius 1 is 1.46 bits per heavy atom. The molecular weight excluding hydrogens is 162 g/mol. The molecule has 0 radical (unpaired) electrons. The molecule has 0 aromatic carbocycles. The molecule has 0 aliphatic rings. The van der Waals surface area contributed by atoms with Crippen LogP contribution in [-0.2, 0) is 6.54 Å². The molecule has 0 spiro atoms. The molecule has 2 heteroatoms. The van der Waals surface area contributed by atoms with Crippen molar-refractivity contribution in [3.05, 3.63) is 24.2 Å². The molecule has 0 aliphatic carbocycles. The fraction of sp³-hybridized carbons (Fsp3) is 0.636. The minimum Gasteiger partial charge on any atom is -0.468 e. The highest BCUT2D eigenvalue weighted by Gasteiger charge is 2.19. The van der Waals surface area contributed by atoms with E-state index in [0.717, 1.165) is 12.3 Å². The van der Waals surface area contributed by atoms with Crippen molar-refractivity contribution < 1.29 is 4.42 Å². The summed E-state index contributed by atoms with van der Waals surface area (Å²) in [6.45, 7) is 9.70. The Kier molecular flexibility index (Phi) is 3.15. The van der Waals surface area contributed by atoms with E-state index in [-0.39, 0.29) is 0 Å². The lowest BCUT2D eigenvalue weighted by Crippen LogP contribution is -2.37. The molecule has 0 bridgehead atoms. The van der Waals surface area contributed by atoms with Gasteiger partial charge in [-0.15, -0.1) is 0 Å². The average Bonchev–Trinajstić information content (AvgIpc) is 2.50. The molecule has 1 aromatic rings. The summed E-state index contributed by atoms with van der Waals surface area (Å²) >= 11 is 0. The second-order valence-electron chi connectivity index (χ2n) is 4.55. The standard InChI is InChI=1S/C11H19NO/c1-9(11(2,3)4)12-8-10-6-5-7-13-10/h5-7,9,12H,8H2,1-4H3. The maximum absolute atomic E-state index is 5.23. The molecule has 0 fully saturated rings. The van der Waals surface area contributed by atoms with E-state index >= 15 is 0 Å². The van der Waals surface area contributed by atoms with E-state index in [1.807, 2.05) is 12.1 Å². The average molecular weight is 181 g/mol. The third kappa shape index (κ3) is 3.23. The van der Waals surface area contributed by atoms with E-state index < -0.39 is 0 Å². The van der Waals surface area contributed by atoms with Crippen LogP contribution in [0.1, 0.15) is 33.5 Å². The van der Waals surface area contributed by atoms with Crippen LogP contribution in [0.5, 0.6) is 0 Å². The number of rotatable bonds is 3. The fourth-order valence-corrected chi connectivity index (χ4v) is 0.973. The van der Waals surface area contributed by atoms with E-state index in [4.69, 9.17) is 4.42 Å². The van der Waals surface area contributed by atoms with Crippen LogP contribution >= 0.6 is 0 Å². The lowest BCUT2D eigenvalue weighted by Gasteiger charge is -2.27. The predicted octanol–water partition coefficient (Wildman–Crippen LogP) is 2.80. The van der Waals surface area contributed by atoms with Crippen molar-refractivity contribution in [1.29, 1.82) is 0 Å². The highest BCUT2D eigenvalue weighted by atomic mass is 16.3. The lowest BCUT2D eigenvalue weighted by atomic mass is 9.88. The first-order valence-corrected chi connectivity index (χ1v) is 4.76. The van der Waals surface area contributed by atoms with Crippen molar-refractivity contribution in [3.8, 4) is 0 Å². The van der Waals surface area contributed by atoms with E-state index in [0.29, 0.717) is 11.5 Å². The Morgan fingerprint density at radius 2 is 2.15 bits per heavy atom. The van der Waals surface area contributed by atoms with Gasteiger partial charge in [-0.25, -0.2) is 0 Å². The van der Waals surface area contributed by atoms with Crippen LogP contribution in [0.25, 0.3) is 0 Å². The molecule has 0 aliphatic heterocycles. The van der Waals surface area contributed by atoms with Gasteiger partial charge in [0.05, 0.1) is 12.8 Å². The van der Waals surface area contributed by atoms with E-state index in [1.54, 1.807) is 6.26 Å². The van der Waals surface area contributed by atoms with E-state index in [9.17, 15) is 0 Å². The van der Waals surface area contributed by atoms with E-state index in [2.05, 4.69) is 33.0 Å². The quantitative estimate of drug-likeness (QED) is 0.775. The predicted molar refractivity (Wildman–Crippen MR) is 54.5 cm³/mol. The number of hydrogen-bond acceptors (Lipinski definition) is 2. The molecule has 2 nitrogen and oxygen atoms in total. The minimum atomic E-state index is 0.298. The van der Waals surface area contributed by atoms with Gasteiger partial charge in [-0.3, -0.25) is 0 Å². The monoisotopic (exact) mass is 181 g/mol. The minimum absolute atomic E-state index is 0.298. The topological polar surface area (TPSA) is 25.2 Å². The zero-order valence-corrected chi connectivity index (χ0v) is 8.92. The summed E-state index contributed by atoms with van der Waals surface area (Å²) in [4.78, 5) is 0. The summed E-state index contributed by atoms with van der Waals surface area (Å²) in [5.41, 5.74) is 0.298. The highest BCUT2D eigenvalue weighted by Crippen LogP contribution is 2.18. The molecule has 0 amide bonds. The maximum Gasteiger partial charge on any atom is 0.117 e. The third-order valence-electron chi connectivity index (χ3n) is 2.46. The van der Waals surface area contributed by atoms with Crippen molar-refractivity contribution in [2.75, 3.05) is 0 Å². The Hall–Kier alpha value is -0.760. The molecule has 1 aromatic heterocycles. The van der Waals surface area contributed by atoms with Crippen molar-refractivity contribution in [3.63, 3.8) is 0 Å². The zero-order chi connectivity index (χ0) is 9.90. The fourth-order valence-electron chi connectivity index (χ4n) is 0.973. The van der Waals surface area contributed by atoms with Crippen LogP contribution in [0.3, 0.4) is 0 Å². The molecule has 0 saturated heterocycles. The van der Waals surface area contributed by atoms with Crippen molar-refractivity contribution in [1.82, 2.24) is 5.32 Å². The van der Waals surface area contributed by atoms with Gasteiger partial charge in [0.25, 0.3) is 0 Å². The highest BCUT2D eigenvalue weighted by molar-refractivity contribution is 4.98. The van der Waals surface area contributed by atoms with Crippen molar-refractivity contribution in [2.45, 2.75) is 40.3 Å². The number of furan rings is 1. The summed E-state index contributed by atoms with van der Waals surface area (Å²) < 4.78 is 5.23. The van der Waals surface area contributed by atoms with Crippen LogP contribution in [0.4, 0.5) is 0 Å². The van der Waals surface area contributed by atoms with Gasteiger partial charge in [0.15, 0.2) is 0 Å². The van der Waals surface area contributed by atoms with Crippen LogP contribution in [0.15, 0.2) is 22.8 Å². The molecule has 1 atom stereocenters. The Labute approximate surface area is 80.3 Å². The Bertz CT molecular complexity index is 233. The van der Waals surface area contributed by atoms with Gasteiger partial charge in [0.1, 0.15) is 5.76 Å². The van der Waals surface area contributed by atoms with Gasteiger partial charge < -0.3 is 9.73 Å². The first-order valence-electron chi connectivity index (χ1n) is 4.76. The zero-order valence-electron chi connectivity index (χ0n) is 8.92. The summed E-state index contributed by atoms with van der Waals surface area (Å²) in [6, 6.07) is 4.39. The summed E-state index contributed by atoms with van der Waals surface area (Å²) in [6.07, 6.45) is 1.71. The first kappa shape index (κ1) is 10.3. The Balaban J connectivity index is 2.35. The van der Waals surface area contributed by atoms with Crippen molar-refractivity contribution in [2.24, 2.45) is 5.41 Å². The summed E-state index contributed by atoms with van der Waals surface area (Å²) in [5, 5.41) is 3.43.